The summed E-state index contributed by atoms with van der Waals surface area (Å²) >= 11 is 0. The van der Waals surface area contributed by atoms with Crippen molar-refractivity contribution in [1.82, 2.24) is 10.2 Å². The van der Waals surface area contributed by atoms with Crippen molar-refractivity contribution in [2.75, 3.05) is 13.1 Å². The molecule has 1 aliphatic rings. The molecule has 16 heavy (non-hydrogen) atoms. The standard InChI is InChI=1S/C11H20N2O3/c1-4-13(6-5-9(14)15)10(16)12-8-7-11(8,2)3/h8H,4-7H2,1-3H3,(H,12,16)(H,14,15). The van der Waals surface area contributed by atoms with Gasteiger partial charge in [-0.05, 0) is 18.8 Å². The van der Waals surface area contributed by atoms with Crippen molar-refractivity contribution in [3.8, 4) is 0 Å². The molecule has 0 aromatic heterocycles. The number of carbonyl (C=O) groups is 2. The minimum absolute atomic E-state index is 0.00464. The summed E-state index contributed by atoms with van der Waals surface area (Å²) in [5.41, 5.74) is 0.196. The van der Waals surface area contributed by atoms with Crippen LogP contribution in [0, 0.1) is 5.41 Å². The summed E-state index contributed by atoms with van der Waals surface area (Å²) in [6.45, 7) is 6.85. The van der Waals surface area contributed by atoms with Gasteiger partial charge in [0.15, 0.2) is 0 Å². The minimum atomic E-state index is -0.877. The Morgan fingerprint density at radius 2 is 2.06 bits per heavy atom. The van der Waals surface area contributed by atoms with E-state index in [1.807, 2.05) is 6.92 Å². The number of nitrogens with one attached hydrogen (secondary N) is 1. The number of carbonyl (C=O) groups excluding carboxylic acids is 1. The number of rotatable bonds is 5. The number of carboxylic acid groups (broad SMARTS) is 1. The Labute approximate surface area is 95.8 Å². The first-order chi connectivity index (χ1) is 7.36. The van der Waals surface area contributed by atoms with Crippen LogP contribution in [0.15, 0.2) is 0 Å². The molecular formula is C11H20N2O3. The van der Waals surface area contributed by atoms with Gasteiger partial charge in [-0.25, -0.2) is 4.79 Å². The van der Waals surface area contributed by atoms with Gasteiger partial charge in [-0.2, -0.15) is 0 Å². The van der Waals surface area contributed by atoms with Crippen molar-refractivity contribution in [2.45, 2.75) is 39.7 Å². The van der Waals surface area contributed by atoms with Crippen LogP contribution in [0.5, 0.6) is 0 Å². The van der Waals surface area contributed by atoms with Gasteiger partial charge >= 0.3 is 12.0 Å². The monoisotopic (exact) mass is 228 g/mol. The molecule has 0 saturated heterocycles. The third kappa shape index (κ3) is 3.40. The van der Waals surface area contributed by atoms with Crippen LogP contribution in [0.25, 0.3) is 0 Å². The predicted molar refractivity (Wildman–Crippen MR) is 60.2 cm³/mol. The van der Waals surface area contributed by atoms with E-state index in [1.165, 1.54) is 4.90 Å². The summed E-state index contributed by atoms with van der Waals surface area (Å²) in [5, 5.41) is 11.5. The molecule has 2 amide bonds. The zero-order chi connectivity index (χ0) is 12.3. The molecule has 0 heterocycles. The second-order valence-corrected chi connectivity index (χ2v) is 4.92. The SMILES string of the molecule is CCN(CCC(=O)O)C(=O)NC1CC1(C)C. The predicted octanol–water partition coefficient (Wildman–Crippen LogP) is 1.29. The van der Waals surface area contributed by atoms with E-state index in [9.17, 15) is 9.59 Å². The van der Waals surface area contributed by atoms with Gasteiger partial charge in [0.1, 0.15) is 0 Å². The van der Waals surface area contributed by atoms with E-state index in [-0.39, 0.29) is 30.5 Å². The highest BCUT2D eigenvalue weighted by Gasteiger charge is 2.46. The average Bonchev–Trinajstić information content (AvgIpc) is 2.74. The van der Waals surface area contributed by atoms with E-state index in [0.717, 1.165) is 6.42 Å². The smallest absolute Gasteiger partial charge is 0.317 e. The summed E-state index contributed by atoms with van der Waals surface area (Å²) in [5.74, 6) is -0.877. The van der Waals surface area contributed by atoms with Gasteiger partial charge in [0, 0.05) is 19.1 Å². The number of urea groups is 1. The van der Waals surface area contributed by atoms with Gasteiger partial charge in [-0.3, -0.25) is 4.79 Å². The molecule has 1 saturated carbocycles. The maximum Gasteiger partial charge on any atom is 0.317 e. The van der Waals surface area contributed by atoms with Crippen molar-refractivity contribution in [3.63, 3.8) is 0 Å². The molecular weight excluding hydrogens is 208 g/mol. The zero-order valence-electron chi connectivity index (χ0n) is 10.1. The summed E-state index contributed by atoms with van der Waals surface area (Å²) in [7, 11) is 0. The minimum Gasteiger partial charge on any atom is -0.481 e. The second-order valence-electron chi connectivity index (χ2n) is 4.92. The maximum absolute atomic E-state index is 11.7. The first-order valence-corrected chi connectivity index (χ1v) is 5.64. The highest BCUT2D eigenvalue weighted by molar-refractivity contribution is 5.76. The first-order valence-electron chi connectivity index (χ1n) is 5.64. The van der Waals surface area contributed by atoms with E-state index in [0.29, 0.717) is 6.54 Å². The van der Waals surface area contributed by atoms with E-state index in [1.54, 1.807) is 0 Å². The lowest BCUT2D eigenvalue weighted by atomic mass is 10.2. The normalized spacial score (nSPS) is 21.3. The van der Waals surface area contributed by atoms with Crippen LogP contribution >= 0.6 is 0 Å². The Bertz CT molecular complexity index is 289. The Morgan fingerprint density at radius 3 is 2.44 bits per heavy atom. The Morgan fingerprint density at radius 1 is 1.50 bits per heavy atom. The van der Waals surface area contributed by atoms with Crippen LogP contribution in [-0.2, 0) is 4.79 Å². The quantitative estimate of drug-likeness (QED) is 0.745. The fraction of sp³-hybridized carbons (Fsp3) is 0.818. The second kappa shape index (κ2) is 4.72. The van der Waals surface area contributed by atoms with Gasteiger partial charge in [0.25, 0.3) is 0 Å². The highest BCUT2D eigenvalue weighted by atomic mass is 16.4. The van der Waals surface area contributed by atoms with E-state index in [2.05, 4.69) is 19.2 Å². The number of aliphatic carboxylic acids is 1. The molecule has 5 heteroatoms. The van der Waals surface area contributed by atoms with E-state index in [4.69, 9.17) is 5.11 Å². The molecule has 92 valence electrons. The van der Waals surface area contributed by atoms with Crippen molar-refractivity contribution < 1.29 is 14.7 Å². The highest BCUT2D eigenvalue weighted by Crippen LogP contribution is 2.44. The van der Waals surface area contributed by atoms with Crippen molar-refractivity contribution in [3.05, 3.63) is 0 Å². The number of nitrogens with zero attached hydrogens (tertiary/aromatic N) is 1. The van der Waals surface area contributed by atoms with Crippen molar-refractivity contribution >= 4 is 12.0 Å². The van der Waals surface area contributed by atoms with Gasteiger partial charge in [0.05, 0.1) is 6.42 Å². The number of hydrogen-bond acceptors (Lipinski definition) is 2. The number of hydrogen-bond donors (Lipinski definition) is 2. The van der Waals surface area contributed by atoms with Gasteiger partial charge < -0.3 is 15.3 Å². The fourth-order valence-corrected chi connectivity index (χ4v) is 1.59. The van der Waals surface area contributed by atoms with Crippen LogP contribution in [0.1, 0.15) is 33.6 Å². The number of amides is 2. The molecule has 5 nitrogen and oxygen atoms in total. The largest absolute Gasteiger partial charge is 0.481 e. The van der Waals surface area contributed by atoms with Crippen LogP contribution in [-0.4, -0.2) is 41.1 Å². The lowest BCUT2D eigenvalue weighted by Crippen LogP contribution is -2.42. The molecule has 1 fully saturated rings. The third-order valence-corrected chi connectivity index (χ3v) is 3.08. The summed E-state index contributed by atoms with van der Waals surface area (Å²) < 4.78 is 0. The molecule has 1 unspecified atom stereocenters. The van der Waals surface area contributed by atoms with Crippen LogP contribution in [0.3, 0.4) is 0 Å². The van der Waals surface area contributed by atoms with Gasteiger partial charge in [-0.15, -0.1) is 0 Å². The molecule has 0 spiro atoms. The van der Waals surface area contributed by atoms with Crippen LogP contribution < -0.4 is 5.32 Å². The lowest BCUT2D eigenvalue weighted by molar-refractivity contribution is -0.137. The zero-order valence-corrected chi connectivity index (χ0v) is 10.1. The van der Waals surface area contributed by atoms with E-state index < -0.39 is 5.97 Å². The maximum atomic E-state index is 11.7. The first kappa shape index (κ1) is 12.8. The van der Waals surface area contributed by atoms with Crippen LogP contribution in [0.4, 0.5) is 4.79 Å². The van der Waals surface area contributed by atoms with Gasteiger partial charge in [-0.1, -0.05) is 13.8 Å². The average molecular weight is 228 g/mol. The topological polar surface area (TPSA) is 69.6 Å². The summed E-state index contributed by atoms with van der Waals surface area (Å²) in [6, 6.07) is 0.0817. The van der Waals surface area contributed by atoms with Gasteiger partial charge in [0.2, 0.25) is 0 Å². The fourth-order valence-electron chi connectivity index (χ4n) is 1.59. The Hall–Kier alpha value is -1.26. The van der Waals surface area contributed by atoms with Crippen LogP contribution in [0.2, 0.25) is 0 Å². The molecule has 0 radical (unpaired) electrons. The molecule has 0 aromatic carbocycles. The lowest BCUT2D eigenvalue weighted by Gasteiger charge is -2.21. The summed E-state index contributed by atoms with van der Waals surface area (Å²) in [4.78, 5) is 23.7. The summed E-state index contributed by atoms with van der Waals surface area (Å²) in [6.07, 6.45) is 0.991. The Kier molecular flexibility index (Phi) is 3.78. The number of carboxylic acids is 1. The molecule has 0 aromatic rings. The van der Waals surface area contributed by atoms with Crippen molar-refractivity contribution in [2.24, 2.45) is 5.41 Å². The molecule has 1 rings (SSSR count). The van der Waals surface area contributed by atoms with Crippen molar-refractivity contribution in [1.29, 1.82) is 0 Å². The molecule has 1 aliphatic carbocycles. The molecule has 0 aliphatic heterocycles. The van der Waals surface area contributed by atoms with E-state index >= 15 is 0 Å². The molecule has 0 bridgehead atoms. The third-order valence-electron chi connectivity index (χ3n) is 3.08. The Balaban J connectivity index is 2.35. The molecule has 2 N–H and O–H groups in total. The molecule has 1 atom stereocenters.